The van der Waals surface area contributed by atoms with Crippen molar-refractivity contribution in [1.29, 1.82) is 0 Å². The Balaban J connectivity index is 2.39. The number of alkyl halides is 3. The molecule has 21 heavy (non-hydrogen) atoms. The summed E-state index contributed by atoms with van der Waals surface area (Å²) in [4.78, 5) is 4.15. The molecule has 0 unspecified atom stereocenters. The maximum Gasteiger partial charge on any atom is 0.416 e. The number of aromatic nitrogens is 2. The van der Waals surface area contributed by atoms with Crippen LogP contribution in [0.2, 0.25) is 0 Å². The highest BCUT2D eigenvalue weighted by Gasteiger charge is 2.32. The number of nitrogens with two attached hydrogens (primary N) is 1. The van der Waals surface area contributed by atoms with Gasteiger partial charge in [0, 0.05) is 5.56 Å². The molecular weight excluding hydrogens is 283 g/mol. The third-order valence-electron chi connectivity index (χ3n) is 3.57. The van der Waals surface area contributed by atoms with E-state index in [0.29, 0.717) is 18.7 Å². The zero-order valence-corrected chi connectivity index (χ0v) is 11.7. The van der Waals surface area contributed by atoms with Crippen molar-refractivity contribution in [2.45, 2.75) is 38.4 Å². The number of nitrogens with zero attached hydrogens (tertiary/aromatic N) is 2. The van der Waals surface area contributed by atoms with Crippen molar-refractivity contribution in [2.75, 3.05) is 0 Å². The molecule has 114 valence electrons. The summed E-state index contributed by atoms with van der Waals surface area (Å²) in [5.74, 6) is 0.340. The molecule has 2 N–H and O–H groups in total. The Kier molecular flexibility index (Phi) is 4.04. The summed E-state index contributed by atoms with van der Waals surface area (Å²) in [5.41, 5.74) is 4.87. The lowest BCUT2D eigenvalue weighted by Crippen LogP contribution is -2.36. The van der Waals surface area contributed by atoms with Crippen molar-refractivity contribution < 1.29 is 17.7 Å². The SMILES string of the molecule is CCC(N)(CC)c1noc(-c2cccc(C(F)(F)F)c2)n1. The summed E-state index contributed by atoms with van der Waals surface area (Å²) in [7, 11) is 0. The average molecular weight is 299 g/mol. The second kappa shape index (κ2) is 5.48. The van der Waals surface area contributed by atoms with Crippen LogP contribution >= 0.6 is 0 Å². The van der Waals surface area contributed by atoms with E-state index in [0.717, 1.165) is 12.1 Å². The molecule has 0 saturated carbocycles. The van der Waals surface area contributed by atoms with Gasteiger partial charge in [-0.1, -0.05) is 25.1 Å². The highest BCUT2D eigenvalue weighted by molar-refractivity contribution is 5.54. The molecule has 0 aliphatic heterocycles. The molecule has 0 amide bonds. The van der Waals surface area contributed by atoms with E-state index in [1.807, 2.05) is 13.8 Å². The second-order valence-electron chi connectivity index (χ2n) is 4.86. The van der Waals surface area contributed by atoms with Gasteiger partial charge in [-0.25, -0.2) is 0 Å². The molecule has 0 bridgehead atoms. The first-order valence-corrected chi connectivity index (χ1v) is 6.61. The molecule has 0 spiro atoms. The third-order valence-corrected chi connectivity index (χ3v) is 3.57. The highest BCUT2D eigenvalue weighted by Crippen LogP contribution is 2.32. The van der Waals surface area contributed by atoms with Gasteiger partial charge in [-0.15, -0.1) is 0 Å². The van der Waals surface area contributed by atoms with Crippen LogP contribution < -0.4 is 5.73 Å². The van der Waals surface area contributed by atoms with Gasteiger partial charge < -0.3 is 10.3 Å². The molecule has 2 aromatic rings. The van der Waals surface area contributed by atoms with Crippen LogP contribution in [0, 0.1) is 0 Å². The number of benzene rings is 1. The molecule has 0 atom stereocenters. The summed E-state index contributed by atoms with van der Waals surface area (Å²) in [5, 5.41) is 3.81. The highest BCUT2D eigenvalue weighted by atomic mass is 19.4. The normalized spacial score (nSPS) is 12.7. The predicted molar refractivity (Wildman–Crippen MR) is 71.2 cm³/mol. The lowest BCUT2D eigenvalue weighted by molar-refractivity contribution is -0.137. The molecule has 0 saturated heterocycles. The summed E-state index contributed by atoms with van der Waals surface area (Å²) >= 11 is 0. The van der Waals surface area contributed by atoms with Gasteiger partial charge >= 0.3 is 6.18 Å². The summed E-state index contributed by atoms with van der Waals surface area (Å²) in [6, 6.07) is 4.76. The molecule has 1 aromatic carbocycles. The topological polar surface area (TPSA) is 64.9 Å². The van der Waals surface area contributed by atoms with Crippen molar-refractivity contribution in [1.82, 2.24) is 10.1 Å². The first-order chi connectivity index (χ1) is 9.80. The summed E-state index contributed by atoms with van der Waals surface area (Å²) in [6.07, 6.45) is -3.21. The molecule has 7 heteroatoms. The monoisotopic (exact) mass is 299 g/mol. The second-order valence-corrected chi connectivity index (χ2v) is 4.86. The molecule has 1 heterocycles. The standard InChI is InChI=1S/C14H16F3N3O/c1-3-13(18,4-2)12-19-11(21-20-12)9-6-5-7-10(8-9)14(15,16)17/h5-8H,3-4,18H2,1-2H3. The van der Waals surface area contributed by atoms with Gasteiger partial charge in [0.1, 0.15) is 0 Å². The largest absolute Gasteiger partial charge is 0.416 e. The third kappa shape index (κ3) is 3.07. The first-order valence-electron chi connectivity index (χ1n) is 6.61. The summed E-state index contributed by atoms with van der Waals surface area (Å²) < 4.78 is 43.2. The lowest BCUT2D eigenvalue weighted by atomic mass is 9.93. The Morgan fingerprint density at radius 3 is 2.43 bits per heavy atom. The van der Waals surface area contributed by atoms with Crippen molar-refractivity contribution in [2.24, 2.45) is 5.73 Å². The van der Waals surface area contributed by atoms with Gasteiger partial charge in [0.15, 0.2) is 5.82 Å². The van der Waals surface area contributed by atoms with Crippen LogP contribution in [0.3, 0.4) is 0 Å². The fraction of sp³-hybridized carbons (Fsp3) is 0.429. The van der Waals surface area contributed by atoms with Crippen LogP contribution in [-0.2, 0) is 11.7 Å². The smallest absolute Gasteiger partial charge is 0.334 e. The van der Waals surface area contributed by atoms with E-state index < -0.39 is 17.3 Å². The van der Waals surface area contributed by atoms with E-state index in [9.17, 15) is 13.2 Å². The van der Waals surface area contributed by atoms with Crippen LogP contribution in [-0.4, -0.2) is 10.1 Å². The van der Waals surface area contributed by atoms with Gasteiger partial charge in [0.2, 0.25) is 0 Å². The van der Waals surface area contributed by atoms with Crippen molar-refractivity contribution in [3.63, 3.8) is 0 Å². The van der Waals surface area contributed by atoms with Crippen LogP contribution in [0.1, 0.15) is 38.1 Å². The zero-order chi connectivity index (χ0) is 15.7. The molecule has 2 rings (SSSR count). The quantitative estimate of drug-likeness (QED) is 0.934. The van der Waals surface area contributed by atoms with Gasteiger partial charge in [-0.05, 0) is 31.0 Å². The molecule has 1 aromatic heterocycles. The van der Waals surface area contributed by atoms with Gasteiger partial charge in [0.05, 0.1) is 11.1 Å². The number of hydrogen-bond acceptors (Lipinski definition) is 4. The Bertz CT molecular complexity index is 618. The first kappa shape index (κ1) is 15.5. The lowest BCUT2D eigenvalue weighted by Gasteiger charge is -2.21. The van der Waals surface area contributed by atoms with E-state index in [-0.39, 0.29) is 11.5 Å². The van der Waals surface area contributed by atoms with E-state index in [1.54, 1.807) is 0 Å². The van der Waals surface area contributed by atoms with Gasteiger partial charge in [-0.2, -0.15) is 18.2 Å². The minimum atomic E-state index is -4.41. The fourth-order valence-electron chi connectivity index (χ4n) is 1.94. The molecular formula is C14H16F3N3O. The zero-order valence-electron chi connectivity index (χ0n) is 11.7. The van der Waals surface area contributed by atoms with Crippen molar-refractivity contribution in [3.05, 3.63) is 35.7 Å². The van der Waals surface area contributed by atoms with Crippen LogP contribution in [0.25, 0.3) is 11.5 Å². The van der Waals surface area contributed by atoms with Crippen molar-refractivity contribution >= 4 is 0 Å². The average Bonchev–Trinajstić information content (AvgIpc) is 2.96. The van der Waals surface area contributed by atoms with Gasteiger partial charge in [-0.3, -0.25) is 0 Å². The fourth-order valence-corrected chi connectivity index (χ4v) is 1.94. The number of hydrogen-bond donors (Lipinski definition) is 1. The minimum absolute atomic E-state index is 0.0350. The number of rotatable bonds is 4. The van der Waals surface area contributed by atoms with Gasteiger partial charge in [0.25, 0.3) is 5.89 Å². The Hall–Kier alpha value is -1.89. The number of halogens is 3. The van der Waals surface area contributed by atoms with E-state index in [4.69, 9.17) is 10.3 Å². The van der Waals surface area contributed by atoms with Crippen LogP contribution in [0.4, 0.5) is 13.2 Å². The Morgan fingerprint density at radius 2 is 1.86 bits per heavy atom. The van der Waals surface area contributed by atoms with Crippen LogP contribution in [0.15, 0.2) is 28.8 Å². The van der Waals surface area contributed by atoms with E-state index in [1.165, 1.54) is 12.1 Å². The summed E-state index contributed by atoms with van der Waals surface area (Å²) in [6.45, 7) is 3.79. The molecule has 0 fully saturated rings. The molecule has 0 aliphatic carbocycles. The van der Waals surface area contributed by atoms with Crippen LogP contribution in [0.5, 0.6) is 0 Å². The minimum Gasteiger partial charge on any atom is -0.334 e. The maximum atomic E-state index is 12.7. The van der Waals surface area contributed by atoms with Crippen molar-refractivity contribution in [3.8, 4) is 11.5 Å². The molecule has 0 aliphatic rings. The Labute approximate surface area is 120 Å². The maximum absolute atomic E-state index is 12.7. The molecule has 4 nitrogen and oxygen atoms in total. The predicted octanol–water partition coefficient (Wildman–Crippen LogP) is 3.73. The van der Waals surface area contributed by atoms with E-state index >= 15 is 0 Å². The Morgan fingerprint density at radius 1 is 1.19 bits per heavy atom. The van der Waals surface area contributed by atoms with E-state index in [2.05, 4.69) is 10.1 Å². The molecule has 0 radical (unpaired) electrons.